The van der Waals surface area contributed by atoms with Crippen LogP contribution < -0.4 is 0 Å². The number of hydrogen-bond donors (Lipinski definition) is 0. The highest BCUT2D eigenvalue weighted by Crippen LogP contribution is 2.38. The van der Waals surface area contributed by atoms with Crippen LogP contribution in [0.4, 0.5) is 0 Å². The van der Waals surface area contributed by atoms with E-state index in [0.717, 1.165) is 44.2 Å². The average molecular weight is 633 g/mol. The third-order valence-electron chi connectivity index (χ3n) is 10.1. The predicted molar refractivity (Wildman–Crippen MR) is 199 cm³/mol. The molecule has 0 fully saturated rings. The minimum atomic E-state index is 1.00. The number of rotatable bonds is 2. The van der Waals surface area contributed by atoms with Gasteiger partial charge in [-0.15, -0.1) is 0 Å². The van der Waals surface area contributed by atoms with E-state index in [9.17, 15) is 0 Å². The Balaban J connectivity index is 1.16. The Morgan fingerprint density at radius 1 is 0.417 bits per heavy atom. The molecule has 0 radical (unpaired) electrons. The normalized spacial score (nSPS) is 12.6. The summed E-state index contributed by atoms with van der Waals surface area (Å²) in [7, 11) is 0. The van der Waals surface area contributed by atoms with Crippen LogP contribution in [0, 0.1) is 0 Å². The van der Waals surface area contributed by atoms with Crippen molar-refractivity contribution >= 4 is 92.7 Å². The number of nitrogens with zero attached hydrogens (tertiary/aromatic N) is 6. The molecule has 6 heterocycles. The molecule has 0 aliphatic carbocycles. The Morgan fingerprint density at radius 3 is 1.83 bits per heavy atom. The third kappa shape index (κ3) is 3.00. The molecule has 0 atom stereocenters. The van der Waals surface area contributed by atoms with Crippen molar-refractivity contribution in [1.29, 1.82) is 0 Å². The largest absolute Gasteiger partial charge is 0.294 e. The number of benzene rings is 6. The molecule has 0 spiro atoms. The Bertz CT molecular complexity index is 3300. The van der Waals surface area contributed by atoms with E-state index in [0.29, 0.717) is 0 Å². The zero-order valence-corrected chi connectivity index (χ0v) is 26.3. The SMILES string of the molecule is c1ccc2c(c1)cc1n(-c3ccc4cc5n(-c6cccc7c6nc6sc8ccccc8n67)c6ccccc6n5c4c3)c3ccccc3n21. The molecule has 6 nitrogen and oxygen atoms in total. The molecular formula is C41H24N6S. The van der Waals surface area contributed by atoms with Crippen LogP contribution >= 0.6 is 11.3 Å². The Morgan fingerprint density at radius 2 is 1.02 bits per heavy atom. The first-order valence-electron chi connectivity index (χ1n) is 16.2. The number of para-hydroxylation sites is 7. The lowest BCUT2D eigenvalue weighted by Gasteiger charge is -2.07. The van der Waals surface area contributed by atoms with Gasteiger partial charge < -0.3 is 0 Å². The van der Waals surface area contributed by atoms with Crippen LogP contribution in [0.15, 0.2) is 146 Å². The van der Waals surface area contributed by atoms with Crippen molar-refractivity contribution in [2.45, 2.75) is 0 Å². The van der Waals surface area contributed by atoms with Gasteiger partial charge in [0.25, 0.3) is 0 Å². The summed E-state index contributed by atoms with van der Waals surface area (Å²) in [5, 5.41) is 2.44. The fraction of sp³-hybridized carbons (Fsp3) is 0. The lowest BCUT2D eigenvalue weighted by atomic mass is 10.2. The van der Waals surface area contributed by atoms with Gasteiger partial charge in [0.1, 0.15) is 16.8 Å². The molecule has 0 amide bonds. The molecule has 0 saturated heterocycles. The molecule has 6 aromatic carbocycles. The van der Waals surface area contributed by atoms with Gasteiger partial charge in [-0.2, -0.15) is 0 Å². The van der Waals surface area contributed by atoms with E-state index in [-0.39, 0.29) is 0 Å². The molecule has 0 aliphatic rings. The summed E-state index contributed by atoms with van der Waals surface area (Å²) >= 11 is 1.74. The van der Waals surface area contributed by atoms with Crippen LogP contribution in [0.3, 0.4) is 0 Å². The average Bonchev–Trinajstić information content (AvgIpc) is 3.95. The van der Waals surface area contributed by atoms with E-state index >= 15 is 0 Å². The minimum absolute atomic E-state index is 1.00. The van der Waals surface area contributed by atoms with Crippen molar-refractivity contribution in [3.8, 4) is 11.4 Å². The molecule has 0 N–H and O–H groups in total. The summed E-state index contributed by atoms with van der Waals surface area (Å²) in [6.45, 7) is 0. The van der Waals surface area contributed by atoms with E-state index in [4.69, 9.17) is 4.98 Å². The zero-order chi connectivity index (χ0) is 31.1. The van der Waals surface area contributed by atoms with Crippen LogP contribution in [-0.2, 0) is 0 Å². The minimum Gasteiger partial charge on any atom is -0.294 e. The van der Waals surface area contributed by atoms with Crippen LogP contribution in [0.2, 0.25) is 0 Å². The first-order valence-corrected chi connectivity index (χ1v) is 17.0. The molecule has 0 saturated carbocycles. The number of aromatic nitrogens is 6. The molecule has 0 bridgehead atoms. The highest BCUT2D eigenvalue weighted by Gasteiger charge is 2.21. The maximum atomic E-state index is 5.25. The first kappa shape index (κ1) is 24.9. The summed E-state index contributed by atoms with van der Waals surface area (Å²) in [5.74, 6) is 0. The van der Waals surface area contributed by atoms with Crippen LogP contribution in [0.25, 0.3) is 92.8 Å². The lowest BCUT2D eigenvalue weighted by Crippen LogP contribution is -1.95. The van der Waals surface area contributed by atoms with E-state index in [1.165, 1.54) is 48.6 Å². The zero-order valence-electron chi connectivity index (χ0n) is 25.4. The second-order valence-corrected chi connectivity index (χ2v) is 13.6. The molecule has 0 unspecified atom stereocenters. The van der Waals surface area contributed by atoms with Crippen LogP contribution in [0.5, 0.6) is 0 Å². The Labute approximate surface area is 276 Å². The quantitative estimate of drug-likeness (QED) is 0.187. The smallest absolute Gasteiger partial charge is 0.195 e. The summed E-state index contributed by atoms with van der Waals surface area (Å²) in [6, 6.07) is 52.7. The maximum Gasteiger partial charge on any atom is 0.195 e. The first-order chi connectivity index (χ1) is 23.8. The summed E-state index contributed by atoms with van der Waals surface area (Å²) in [5.41, 5.74) is 14.9. The fourth-order valence-corrected chi connectivity index (χ4v) is 9.15. The number of hydrogen-bond acceptors (Lipinski definition) is 2. The Kier molecular flexibility index (Phi) is 4.52. The summed E-state index contributed by atoms with van der Waals surface area (Å²) < 4.78 is 13.1. The molecule has 12 rings (SSSR count). The molecular weight excluding hydrogens is 609 g/mol. The molecule has 0 aliphatic heterocycles. The monoisotopic (exact) mass is 632 g/mol. The molecule has 6 aromatic heterocycles. The second kappa shape index (κ2) is 8.73. The van der Waals surface area contributed by atoms with Gasteiger partial charge in [-0.25, -0.2) is 4.98 Å². The highest BCUT2D eigenvalue weighted by molar-refractivity contribution is 7.23. The number of thiazole rings is 1. The summed E-state index contributed by atoms with van der Waals surface area (Å²) in [6.07, 6.45) is 0. The number of imidazole rings is 3. The van der Waals surface area contributed by atoms with Crippen LogP contribution in [-0.4, -0.2) is 27.3 Å². The van der Waals surface area contributed by atoms with Crippen molar-refractivity contribution in [3.63, 3.8) is 0 Å². The maximum absolute atomic E-state index is 5.25. The van der Waals surface area contributed by atoms with Crippen molar-refractivity contribution in [3.05, 3.63) is 146 Å². The van der Waals surface area contributed by atoms with Crippen molar-refractivity contribution < 1.29 is 0 Å². The third-order valence-corrected chi connectivity index (χ3v) is 11.1. The Hall–Kier alpha value is -6.31. The van der Waals surface area contributed by atoms with E-state index < -0.39 is 0 Å². The van der Waals surface area contributed by atoms with Gasteiger partial charge in [0.05, 0.1) is 54.5 Å². The van der Waals surface area contributed by atoms with Crippen LogP contribution in [0.1, 0.15) is 0 Å². The van der Waals surface area contributed by atoms with E-state index in [1.807, 2.05) is 0 Å². The molecule has 12 aromatic rings. The van der Waals surface area contributed by atoms with Crippen molar-refractivity contribution in [1.82, 2.24) is 27.3 Å². The summed E-state index contributed by atoms with van der Waals surface area (Å²) in [4.78, 5) is 6.26. The second-order valence-electron chi connectivity index (χ2n) is 12.6. The molecule has 48 heavy (non-hydrogen) atoms. The fourth-order valence-electron chi connectivity index (χ4n) is 8.12. The van der Waals surface area contributed by atoms with E-state index in [2.05, 4.69) is 168 Å². The van der Waals surface area contributed by atoms with Gasteiger partial charge >= 0.3 is 0 Å². The molecule has 7 heteroatoms. The van der Waals surface area contributed by atoms with Gasteiger partial charge in [0, 0.05) is 16.5 Å². The van der Waals surface area contributed by atoms with Gasteiger partial charge in [-0.1, -0.05) is 78.1 Å². The van der Waals surface area contributed by atoms with Gasteiger partial charge in [-0.05, 0) is 78.9 Å². The number of fused-ring (bicyclic) bond motifs is 15. The van der Waals surface area contributed by atoms with Gasteiger partial charge in [-0.3, -0.25) is 22.3 Å². The lowest BCUT2D eigenvalue weighted by molar-refractivity contribution is 1.14. The van der Waals surface area contributed by atoms with Gasteiger partial charge in [0.2, 0.25) is 0 Å². The van der Waals surface area contributed by atoms with Crippen molar-refractivity contribution in [2.24, 2.45) is 0 Å². The standard InChI is InChI=1S/C41H24N6S/c1-2-11-28-25(10-1)22-38-43(29-12-3-4-13-30(29)44(28)38)27-21-20-26-23-39-45(31-14-5-6-15-32(31)46(39)36(26)24-27)34-17-9-18-35-40(34)42-41-47(35)33-16-7-8-19-37(33)48-41/h1-24H. The van der Waals surface area contributed by atoms with Crippen molar-refractivity contribution in [2.75, 3.05) is 0 Å². The molecule has 224 valence electrons. The predicted octanol–water partition coefficient (Wildman–Crippen LogP) is 10.4. The highest BCUT2D eigenvalue weighted by atomic mass is 32.1. The topological polar surface area (TPSA) is 36.0 Å². The van der Waals surface area contributed by atoms with Gasteiger partial charge in [0.15, 0.2) is 4.96 Å². The van der Waals surface area contributed by atoms with E-state index in [1.54, 1.807) is 11.3 Å².